The summed E-state index contributed by atoms with van der Waals surface area (Å²) in [5, 5.41) is 8.14. The number of hydrogen-bond donors (Lipinski definition) is 1. The van der Waals surface area contributed by atoms with Gasteiger partial charge < -0.3 is 20.1 Å². The molecule has 1 amide bonds. The van der Waals surface area contributed by atoms with E-state index in [0.29, 0.717) is 24.9 Å². The van der Waals surface area contributed by atoms with Gasteiger partial charge in [-0.2, -0.15) is 18.2 Å². The summed E-state index contributed by atoms with van der Waals surface area (Å²) in [6.07, 6.45) is -0.862. The monoisotopic (exact) mass is 536 g/mol. The summed E-state index contributed by atoms with van der Waals surface area (Å²) >= 11 is 1.62. The molecule has 5 rings (SSSR count). The molecule has 1 saturated heterocycles. The number of aryl methyl sites for hydroxylation is 1. The number of carbonyl (C=O) groups excluding carboxylic acids is 1. The molecule has 1 fully saturated rings. The average molecular weight is 537 g/mol. The summed E-state index contributed by atoms with van der Waals surface area (Å²) in [6.45, 7) is 7.88. The molecule has 0 aromatic carbocycles. The van der Waals surface area contributed by atoms with Crippen LogP contribution in [0.1, 0.15) is 56.6 Å². The topological polar surface area (TPSA) is 106 Å². The fraction of sp³-hybridized carbons (Fsp3) is 0.625. The molecule has 0 unspecified atom stereocenters. The van der Waals surface area contributed by atoms with Gasteiger partial charge in [-0.25, -0.2) is 4.98 Å². The van der Waals surface area contributed by atoms with E-state index in [0.717, 1.165) is 47.0 Å². The number of nitrogens with zero attached hydrogens (tertiary/aromatic N) is 7. The molecule has 37 heavy (non-hydrogen) atoms. The first-order chi connectivity index (χ1) is 17.5. The molecule has 0 bridgehead atoms. The number of aromatic nitrogens is 5. The minimum atomic E-state index is -4.55. The van der Waals surface area contributed by atoms with Crippen LogP contribution in [0, 0.1) is 11.3 Å². The smallest absolute Gasteiger partial charge is 0.369 e. The van der Waals surface area contributed by atoms with Gasteiger partial charge in [0.25, 0.3) is 0 Å². The Hall–Kier alpha value is -2.96. The van der Waals surface area contributed by atoms with Crippen LogP contribution in [-0.2, 0) is 30.5 Å². The van der Waals surface area contributed by atoms with Gasteiger partial charge in [-0.3, -0.25) is 4.79 Å². The number of primary amides is 1. The van der Waals surface area contributed by atoms with Crippen molar-refractivity contribution in [1.29, 1.82) is 0 Å². The average Bonchev–Trinajstić information content (AvgIpc) is 3.47. The van der Waals surface area contributed by atoms with Crippen molar-refractivity contribution in [3.8, 4) is 0 Å². The third-order valence-corrected chi connectivity index (χ3v) is 8.66. The predicted molar refractivity (Wildman–Crippen MR) is 135 cm³/mol. The summed E-state index contributed by atoms with van der Waals surface area (Å²) < 4.78 is 41.2. The number of anilines is 2. The normalized spacial score (nSPS) is 18.9. The van der Waals surface area contributed by atoms with Crippen LogP contribution in [0.15, 0.2) is 6.07 Å². The quantitative estimate of drug-likeness (QED) is 0.508. The van der Waals surface area contributed by atoms with E-state index in [-0.39, 0.29) is 30.7 Å². The minimum absolute atomic E-state index is 0.0646. The summed E-state index contributed by atoms with van der Waals surface area (Å²) in [6, 6.07) is 2.10. The van der Waals surface area contributed by atoms with E-state index in [2.05, 4.69) is 28.1 Å². The number of fused-ring (bicyclic) bond motifs is 2. The Balaban J connectivity index is 1.52. The molecule has 2 aliphatic rings. The van der Waals surface area contributed by atoms with Crippen molar-refractivity contribution in [3.05, 3.63) is 22.6 Å². The largest absolute Gasteiger partial charge is 0.451 e. The second-order valence-corrected chi connectivity index (χ2v) is 11.5. The van der Waals surface area contributed by atoms with Crippen LogP contribution in [0.5, 0.6) is 0 Å². The highest BCUT2D eigenvalue weighted by Gasteiger charge is 2.40. The van der Waals surface area contributed by atoms with Crippen LogP contribution in [0.2, 0.25) is 0 Å². The lowest BCUT2D eigenvalue weighted by Crippen LogP contribution is -2.47. The van der Waals surface area contributed by atoms with E-state index in [1.807, 2.05) is 18.7 Å². The fourth-order valence-corrected chi connectivity index (χ4v) is 6.31. The third-order valence-electron chi connectivity index (χ3n) is 7.57. The number of piperidine rings is 1. The van der Waals surface area contributed by atoms with Crippen molar-refractivity contribution in [3.63, 3.8) is 0 Å². The number of alkyl halides is 3. The molecule has 3 aromatic heterocycles. The van der Waals surface area contributed by atoms with Gasteiger partial charge in [0.1, 0.15) is 10.6 Å². The Bertz CT molecular complexity index is 1320. The molecular weight excluding hydrogens is 505 g/mol. The van der Waals surface area contributed by atoms with Crippen LogP contribution >= 0.6 is 11.3 Å². The molecule has 1 atom stereocenters. The molecule has 0 aliphatic carbocycles. The minimum Gasteiger partial charge on any atom is -0.369 e. The van der Waals surface area contributed by atoms with E-state index in [9.17, 15) is 18.0 Å². The molecule has 2 N–H and O–H groups in total. The summed E-state index contributed by atoms with van der Waals surface area (Å²) in [4.78, 5) is 28.1. The highest BCUT2D eigenvalue weighted by atomic mass is 32.1. The van der Waals surface area contributed by atoms with E-state index in [1.165, 1.54) is 4.88 Å². The lowest BCUT2D eigenvalue weighted by molar-refractivity contribution is -0.147. The lowest BCUT2D eigenvalue weighted by atomic mass is 9.74. The van der Waals surface area contributed by atoms with Crippen LogP contribution in [0.3, 0.4) is 0 Å². The molecule has 5 heterocycles. The van der Waals surface area contributed by atoms with Gasteiger partial charge in [-0.15, -0.1) is 21.5 Å². The molecule has 0 saturated carbocycles. The Kier molecular flexibility index (Phi) is 6.53. The number of halogens is 3. The second-order valence-electron chi connectivity index (χ2n) is 10.4. The number of rotatable bonds is 6. The molecule has 200 valence electrons. The highest BCUT2D eigenvalue weighted by molar-refractivity contribution is 7.18. The SMILES string of the molecule is CCCc1cc2c(N3CCn4c(nnc4C(F)(F)F)C3)nc(N3CCC[C@H](C(C)(C)C(N)=O)C3)nc2s1. The van der Waals surface area contributed by atoms with Gasteiger partial charge >= 0.3 is 6.18 Å². The summed E-state index contributed by atoms with van der Waals surface area (Å²) in [5.41, 5.74) is 5.05. The Morgan fingerprint density at radius 2 is 1.95 bits per heavy atom. The van der Waals surface area contributed by atoms with Gasteiger partial charge in [0.15, 0.2) is 5.82 Å². The predicted octanol–water partition coefficient (Wildman–Crippen LogP) is 4.00. The van der Waals surface area contributed by atoms with Crippen molar-refractivity contribution < 1.29 is 18.0 Å². The number of amides is 1. The van der Waals surface area contributed by atoms with E-state index < -0.39 is 17.4 Å². The number of thiophene rings is 1. The molecule has 9 nitrogen and oxygen atoms in total. The highest BCUT2D eigenvalue weighted by Crippen LogP contribution is 2.38. The molecule has 13 heteroatoms. The van der Waals surface area contributed by atoms with Crippen molar-refractivity contribution in [1.82, 2.24) is 24.7 Å². The first-order valence-corrected chi connectivity index (χ1v) is 13.4. The first kappa shape index (κ1) is 25.7. The van der Waals surface area contributed by atoms with Crippen molar-refractivity contribution in [2.75, 3.05) is 29.4 Å². The summed E-state index contributed by atoms with van der Waals surface area (Å²) in [5.74, 6) is 0.299. The van der Waals surface area contributed by atoms with Gasteiger partial charge in [0.2, 0.25) is 17.7 Å². The van der Waals surface area contributed by atoms with Crippen molar-refractivity contribution in [2.24, 2.45) is 17.1 Å². The number of carbonyl (C=O) groups is 1. The van der Waals surface area contributed by atoms with Gasteiger partial charge in [-0.1, -0.05) is 27.2 Å². The maximum atomic E-state index is 13.3. The standard InChI is InChI=1S/C24H31F3N8OS/c1-4-6-15-11-16-18(33-9-10-35-17(13-33)31-32-21(35)24(25,26)27)29-22(30-19(16)37-15)34-8-5-7-14(12-34)23(2,3)20(28)36/h11,14H,4-10,12-13H2,1-3H3,(H2,28,36)/t14-/m0/s1. The maximum Gasteiger partial charge on any atom is 0.451 e. The van der Waals surface area contributed by atoms with Crippen molar-refractivity contribution >= 4 is 39.2 Å². The van der Waals surface area contributed by atoms with Gasteiger partial charge in [0, 0.05) is 36.5 Å². The van der Waals surface area contributed by atoms with Crippen molar-refractivity contribution in [2.45, 2.75) is 65.7 Å². The zero-order valence-electron chi connectivity index (χ0n) is 21.2. The molecule has 3 aromatic rings. The second kappa shape index (κ2) is 9.41. The van der Waals surface area contributed by atoms with Crippen LogP contribution in [0.4, 0.5) is 24.9 Å². The molecule has 0 spiro atoms. The van der Waals surface area contributed by atoms with Crippen LogP contribution in [0.25, 0.3) is 10.2 Å². The zero-order valence-corrected chi connectivity index (χ0v) is 22.0. The Morgan fingerprint density at radius 1 is 1.16 bits per heavy atom. The Morgan fingerprint density at radius 3 is 2.65 bits per heavy atom. The Labute approximate surface area is 216 Å². The van der Waals surface area contributed by atoms with Gasteiger partial charge in [-0.05, 0) is 31.2 Å². The van der Waals surface area contributed by atoms with E-state index in [1.54, 1.807) is 11.3 Å². The lowest BCUT2D eigenvalue weighted by Gasteiger charge is -2.40. The molecule has 0 radical (unpaired) electrons. The van der Waals surface area contributed by atoms with Gasteiger partial charge in [0.05, 0.1) is 11.9 Å². The zero-order chi connectivity index (χ0) is 26.5. The first-order valence-electron chi connectivity index (χ1n) is 12.6. The number of nitrogens with two attached hydrogens (primary N) is 1. The third kappa shape index (κ3) is 4.73. The van der Waals surface area contributed by atoms with Crippen LogP contribution in [-0.4, -0.2) is 50.3 Å². The van der Waals surface area contributed by atoms with E-state index >= 15 is 0 Å². The van der Waals surface area contributed by atoms with E-state index in [4.69, 9.17) is 15.7 Å². The molecule has 2 aliphatic heterocycles. The fourth-order valence-electron chi connectivity index (χ4n) is 5.19. The summed E-state index contributed by atoms with van der Waals surface area (Å²) in [7, 11) is 0. The molecular formula is C24H31F3N8OS. The number of hydrogen-bond acceptors (Lipinski definition) is 8. The van der Waals surface area contributed by atoms with Crippen LogP contribution < -0.4 is 15.5 Å². The maximum absolute atomic E-state index is 13.3.